The predicted octanol–water partition coefficient (Wildman–Crippen LogP) is 0.553. The molecule has 0 saturated heterocycles. The van der Waals surface area contributed by atoms with Gasteiger partial charge >= 0.3 is 0 Å². The molecule has 1 rings (SSSR count). The SMILES string of the molecule is Cc1nnc(CNC(C)CCN(C)C)n1C. The summed E-state index contributed by atoms with van der Waals surface area (Å²) < 4.78 is 2.02. The first-order valence-corrected chi connectivity index (χ1v) is 5.73. The molecule has 1 N–H and O–H groups in total. The number of hydrogen-bond acceptors (Lipinski definition) is 4. The quantitative estimate of drug-likeness (QED) is 0.768. The van der Waals surface area contributed by atoms with Crippen molar-refractivity contribution in [3.63, 3.8) is 0 Å². The van der Waals surface area contributed by atoms with Crippen LogP contribution < -0.4 is 5.32 Å². The highest BCUT2D eigenvalue weighted by Gasteiger charge is 2.07. The Morgan fingerprint density at radius 2 is 2.06 bits per heavy atom. The Bertz CT molecular complexity index is 318. The highest BCUT2D eigenvalue weighted by Crippen LogP contribution is 1.99. The molecule has 16 heavy (non-hydrogen) atoms. The van der Waals surface area contributed by atoms with Gasteiger partial charge < -0.3 is 14.8 Å². The maximum atomic E-state index is 4.12. The van der Waals surface area contributed by atoms with Gasteiger partial charge in [-0.1, -0.05) is 0 Å². The second-order valence-electron chi connectivity index (χ2n) is 4.60. The summed E-state index contributed by atoms with van der Waals surface area (Å²) in [5.74, 6) is 1.95. The second kappa shape index (κ2) is 5.96. The molecule has 0 saturated carbocycles. The van der Waals surface area contributed by atoms with Gasteiger partial charge in [-0.3, -0.25) is 0 Å². The van der Waals surface area contributed by atoms with E-state index in [2.05, 4.69) is 41.4 Å². The normalized spacial score (nSPS) is 13.4. The van der Waals surface area contributed by atoms with Gasteiger partial charge in [-0.2, -0.15) is 0 Å². The van der Waals surface area contributed by atoms with Crippen molar-refractivity contribution in [2.24, 2.45) is 7.05 Å². The van der Waals surface area contributed by atoms with E-state index in [4.69, 9.17) is 0 Å². The van der Waals surface area contributed by atoms with E-state index in [1.807, 2.05) is 18.5 Å². The van der Waals surface area contributed by atoms with Gasteiger partial charge in [0.2, 0.25) is 0 Å². The maximum absolute atomic E-state index is 4.12. The molecular formula is C11H23N5. The fourth-order valence-electron chi connectivity index (χ4n) is 1.42. The van der Waals surface area contributed by atoms with Crippen molar-refractivity contribution < 1.29 is 0 Å². The first-order chi connectivity index (χ1) is 7.50. The van der Waals surface area contributed by atoms with E-state index in [0.717, 1.165) is 31.2 Å². The van der Waals surface area contributed by atoms with E-state index >= 15 is 0 Å². The molecule has 92 valence electrons. The predicted molar refractivity (Wildman–Crippen MR) is 65.2 cm³/mol. The van der Waals surface area contributed by atoms with Gasteiger partial charge in [0.05, 0.1) is 6.54 Å². The number of nitrogens with zero attached hydrogens (tertiary/aromatic N) is 4. The number of hydrogen-bond donors (Lipinski definition) is 1. The Balaban J connectivity index is 2.31. The topological polar surface area (TPSA) is 46.0 Å². The first-order valence-electron chi connectivity index (χ1n) is 5.73. The number of nitrogens with one attached hydrogen (secondary N) is 1. The molecule has 1 unspecified atom stereocenters. The fraction of sp³-hybridized carbons (Fsp3) is 0.818. The van der Waals surface area contributed by atoms with Crippen LogP contribution in [-0.4, -0.2) is 46.3 Å². The Morgan fingerprint density at radius 1 is 1.38 bits per heavy atom. The van der Waals surface area contributed by atoms with Crippen molar-refractivity contribution in [3.8, 4) is 0 Å². The smallest absolute Gasteiger partial charge is 0.146 e. The molecule has 0 aliphatic rings. The van der Waals surface area contributed by atoms with Gasteiger partial charge in [0.15, 0.2) is 0 Å². The zero-order valence-electron chi connectivity index (χ0n) is 11.0. The monoisotopic (exact) mass is 225 g/mol. The zero-order valence-corrected chi connectivity index (χ0v) is 11.0. The molecule has 1 aromatic heterocycles. The molecule has 1 heterocycles. The van der Waals surface area contributed by atoms with E-state index in [0.29, 0.717) is 6.04 Å². The standard InChI is InChI=1S/C11H23N5/c1-9(6-7-15(3)4)12-8-11-14-13-10(2)16(11)5/h9,12H,6-8H2,1-5H3. The van der Waals surface area contributed by atoms with Gasteiger partial charge in [-0.25, -0.2) is 0 Å². The molecule has 5 heteroatoms. The molecule has 0 radical (unpaired) electrons. The second-order valence-corrected chi connectivity index (χ2v) is 4.60. The molecule has 5 nitrogen and oxygen atoms in total. The van der Waals surface area contributed by atoms with Crippen LogP contribution in [0.15, 0.2) is 0 Å². The molecule has 0 aliphatic heterocycles. The Kier molecular flexibility index (Phi) is 4.89. The van der Waals surface area contributed by atoms with Gasteiger partial charge in [-0.15, -0.1) is 10.2 Å². The molecule has 0 aliphatic carbocycles. The van der Waals surface area contributed by atoms with Crippen LogP contribution in [0.3, 0.4) is 0 Å². The molecule has 0 fully saturated rings. The lowest BCUT2D eigenvalue weighted by Crippen LogP contribution is -2.30. The third-order valence-corrected chi connectivity index (χ3v) is 2.80. The van der Waals surface area contributed by atoms with Crippen LogP contribution in [0.25, 0.3) is 0 Å². The molecule has 1 aromatic rings. The fourth-order valence-corrected chi connectivity index (χ4v) is 1.42. The van der Waals surface area contributed by atoms with Crippen molar-refractivity contribution in [2.45, 2.75) is 32.9 Å². The van der Waals surface area contributed by atoms with Crippen LogP contribution in [0.1, 0.15) is 25.0 Å². The highest BCUT2D eigenvalue weighted by atomic mass is 15.3. The maximum Gasteiger partial charge on any atom is 0.146 e. The van der Waals surface area contributed by atoms with E-state index < -0.39 is 0 Å². The molecule has 0 spiro atoms. The minimum absolute atomic E-state index is 0.499. The van der Waals surface area contributed by atoms with E-state index in [9.17, 15) is 0 Å². The average molecular weight is 225 g/mol. The van der Waals surface area contributed by atoms with Crippen molar-refractivity contribution >= 4 is 0 Å². The molecule has 0 bridgehead atoms. The zero-order chi connectivity index (χ0) is 12.1. The number of aromatic nitrogens is 3. The Morgan fingerprint density at radius 3 is 2.56 bits per heavy atom. The lowest BCUT2D eigenvalue weighted by molar-refractivity contribution is 0.364. The van der Waals surface area contributed by atoms with E-state index in [-0.39, 0.29) is 0 Å². The third-order valence-electron chi connectivity index (χ3n) is 2.80. The van der Waals surface area contributed by atoms with E-state index in [1.54, 1.807) is 0 Å². The van der Waals surface area contributed by atoms with Gasteiger partial charge in [0, 0.05) is 13.1 Å². The molecule has 0 amide bonds. The lowest BCUT2D eigenvalue weighted by Gasteiger charge is -2.16. The van der Waals surface area contributed by atoms with Crippen molar-refractivity contribution in [3.05, 3.63) is 11.6 Å². The lowest BCUT2D eigenvalue weighted by atomic mass is 10.2. The van der Waals surface area contributed by atoms with Gasteiger partial charge in [-0.05, 0) is 40.9 Å². The molecule has 0 aromatic carbocycles. The number of rotatable bonds is 6. The summed E-state index contributed by atoms with van der Waals surface area (Å²) in [6, 6.07) is 0.499. The van der Waals surface area contributed by atoms with Crippen LogP contribution in [0.4, 0.5) is 0 Å². The van der Waals surface area contributed by atoms with Gasteiger partial charge in [0.1, 0.15) is 11.6 Å². The third kappa shape index (κ3) is 3.90. The summed E-state index contributed by atoms with van der Waals surface area (Å²) in [4.78, 5) is 2.20. The van der Waals surface area contributed by atoms with Crippen LogP contribution in [0.2, 0.25) is 0 Å². The van der Waals surface area contributed by atoms with Crippen LogP contribution in [0.5, 0.6) is 0 Å². The van der Waals surface area contributed by atoms with E-state index in [1.165, 1.54) is 0 Å². The summed E-state index contributed by atoms with van der Waals surface area (Å²) in [5.41, 5.74) is 0. The highest BCUT2D eigenvalue weighted by molar-refractivity contribution is 4.92. The first kappa shape index (κ1) is 13.1. The summed E-state index contributed by atoms with van der Waals surface area (Å²) in [5, 5.41) is 11.6. The summed E-state index contributed by atoms with van der Waals surface area (Å²) >= 11 is 0. The summed E-state index contributed by atoms with van der Waals surface area (Å²) in [7, 11) is 6.19. The minimum Gasteiger partial charge on any atom is -0.317 e. The van der Waals surface area contributed by atoms with Crippen LogP contribution >= 0.6 is 0 Å². The Hall–Kier alpha value is -0.940. The van der Waals surface area contributed by atoms with Gasteiger partial charge in [0.25, 0.3) is 0 Å². The van der Waals surface area contributed by atoms with Crippen LogP contribution in [0, 0.1) is 6.92 Å². The average Bonchev–Trinajstić information content (AvgIpc) is 2.54. The van der Waals surface area contributed by atoms with Crippen LogP contribution in [-0.2, 0) is 13.6 Å². The molecule has 1 atom stereocenters. The number of aryl methyl sites for hydroxylation is 1. The largest absolute Gasteiger partial charge is 0.317 e. The summed E-state index contributed by atoms with van der Waals surface area (Å²) in [6.07, 6.45) is 1.14. The Labute approximate surface area is 97.9 Å². The van der Waals surface area contributed by atoms with Crippen molar-refractivity contribution in [1.82, 2.24) is 25.0 Å². The molecular weight excluding hydrogens is 202 g/mol. The summed E-state index contributed by atoms with van der Waals surface area (Å²) in [6.45, 7) is 6.05. The van der Waals surface area contributed by atoms with Crippen molar-refractivity contribution in [2.75, 3.05) is 20.6 Å². The minimum atomic E-state index is 0.499. The van der Waals surface area contributed by atoms with Crippen molar-refractivity contribution in [1.29, 1.82) is 0 Å².